The minimum Gasteiger partial charge on any atom is -0.497 e. The third-order valence-corrected chi connectivity index (χ3v) is 3.00. The Balaban J connectivity index is 2.17. The maximum Gasteiger partial charge on any atom is 0.142 e. The highest BCUT2D eigenvalue weighted by atomic mass is 16.5. The van der Waals surface area contributed by atoms with Crippen molar-refractivity contribution in [2.75, 3.05) is 19.5 Å². The second-order valence-electron chi connectivity index (χ2n) is 4.18. The molecule has 3 nitrogen and oxygen atoms in total. The van der Waals surface area contributed by atoms with Gasteiger partial charge in [0.1, 0.15) is 11.5 Å². The first-order valence-corrected chi connectivity index (χ1v) is 5.98. The van der Waals surface area contributed by atoms with Crippen LogP contribution in [-0.4, -0.2) is 20.3 Å². The molecule has 1 N–H and O–H groups in total. The molecule has 1 aliphatic carbocycles. The highest BCUT2D eigenvalue weighted by Gasteiger charge is 2.11. The second-order valence-corrected chi connectivity index (χ2v) is 4.18. The Labute approximate surface area is 102 Å². The number of ether oxygens (including phenoxy) is 2. The van der Waals surface area contributed by atoms with Gasteiger partial charge in [0.15, 0.2) is 0 Å². The number of benzene rings is 1. The fourth-order valence-corrected chi connectivity index (χ4v) is 2.06. The first-order valence-electron chi connectivity index (χ1n) is 5.98. The molecule has 3 heteroatoms. The molecule has 1 unspecified atom stereocenters. The van der Waals surface area contributed by atoms with Crippen LogP contribution in [0.1, 0.15) is 19.3 Å². The molecule has 92 valence electrons. The van der Waals surface area contributed by atoms with E-state index < -0.39 is 0 Å². The molecular formula is C14H19NO2. The van der Waals surface area contributed by atoms with Crippen molar-refractivity contribution in [3.8, 4) is 11.5 Å². The van der Waals surface area contributed by atoms with Gasteiger partial charge in [-0.1, -0.05) is 12.2 Å². The Morgan fingerprint density at radius 3 is 2.76 bits per heavy atom. The van der Waals surface area contributed by atoms with Crippen LogP contribution >= 0.6 is 0 Å². The van der Waals surface area contributed by atoms with E-state index in [9.17, 15) is 0 Å². The van der Waals surface area contributed by atoms with Crippen molar-refractivity contribution in [1.29, 1.82) is 0 Å². The fourth-order valence-electron chi connectivity index (χ4n) is 2.06. The summed E-state index contributed by atoms with van der Waals surface area (Å²) >= 11 is 0. The quantitative estimate of drug-likeness (QED) is 0.810. The van der Waals surface area contributed by atoms with Gasteiger partial charge in [-0.3, -0.25) is 0 Å². The molecule has 0 aromatic heterocycles. The van der Waals surface area contributed by atoms with E-state index in [1.54, 1.807) is 14.2 Å². The first-order chi connectivity index (χ1) is 8.33. The standard InChI is InChI=1S/C14H19NO2/c1-16-12-8-9-14(17-2)13(10-12)15-11-6-4-3-5-7-11/h4,6,8-11,15H,3,5,7H2,1-2H3. The maximum absolute atomic E-state index is 5.34. The van der Waals surface area contributed by atoms with Gasteiger partial charge in [-0.2, -0.15) is 0 Å². The van der Waals surface area contributed by atoms with Gasteiger partial charge >= 0.3 is 0 Å². The van der Waals surface area contributed by atoms with Crippen LogP contribution in [0.25, 0.3) is 0 Å². The Hall–Kier alpha value is -1.64. The summed E-state index contributed by atoms with van der Waals surface area (Å²) in [7, 11) is 3.36. The van der Waals surface area contributed by atoms with Gasteiger partial charge in [0.25, 0.3) is 0 Å². The lowest BCUT2D eigenvalue weighted by atomic mass is 10.0. The molecule has 1 aromatic carbocycles. The predicted molar refractivity (Wildman–Crippen MR) is 69.9 cm³/mol. The highest BCUT2D eigenvalue weighted by Crippen LogP contribution is 2.30. The molecule has 1 atom stereocenters. The minimum atomic E-state index is 0.393. The lowest BCUT2D eigenvalue weighted by Crippen LogP contribution is -2.19. The third kappa shape index (κ3) is 2.93. The van der Waals surface area contributed by atoms with Crippen LogP contribution in [0.3, 0.4) is 0 Å². The average Bonchev–Trinajstić information content (AvgIpc) is 2.40. The summed E-state index contributed by atoms with van der Waals surface area (Å²) in [6.07, 6.45) is 8.04. The summed E-state index contributed by atoms with van der Waals surface area (Å²) in [6.45, 7) is 0. The van der Waals surface area contributed by atoms with Crippen LogP contribution in [0, 0.1) is 0 Å². The number of methoxy groups -OCH3 is 2. The monoisotopic (exact) mass is 233 g/mol. The number of nitrogens with one attached hydrogen (secondary N) is 1. The largest absolute Gasteiger partial charge is 0.497 e. The van der Waals surface area contributed by atoms with E-state index in [2.05, 4.69) is 17.5 Å². The van der Waals surface area contributed by atoms with E-state index in [4.69, 9.17) is 9.47 Å². The zero-order valence-electron chi connectivity index (χ0n) is 10.4. The van der Waals surface area contributed by atoms with Crippen molar-refractivity contribution in [3.63, 3.8) is 0 Å². The van der Waals surface area contributed by atoms with Gasteiger partial charge in [-0.05, 0) is 31.4 Å². The number of hydrogen-bond donors (Lipinski definition) is 1. The van der Waals surface area contributed by atoms with Crippen molar-refractivity contribution >= 4 is 5.69 Å². The minimum absolute atomic E-state index is 0.393. The van der Waals surface area contributed by atoms with Gasteiger partial charge in [-0.15, -0.1) is 0 Å². The fraction of sp³-hybridized carbons (Fsp3) is 0.429. The van der Waals surface area contributed by atoms with E-state index >= 15 is 0 Å². The smallest absolute Gasteiger partial charge is 0.142 e. The van der Waals surface area contributed by atoms with E-state index in [1.165, 1.54) is 12.8 Å². The summed E-state index contributed by atoms with van der Waals surface area (Å²) in [4.78, 5) is 0. The van der Waals surface area contributed by atoms with Gasteiger partial charge in [0.05, 0.1) is 19.9 Å². The van der Waals surface area contributed by atoms with Crippen LogP contribution in [0.4, 0.5) is 5.69 Å². The third-order valence-electron chi connectivity index (χ3n) is 3.00. The first kappa shape index (κ1) is 11.8. The van der Waals surface area contributed by atoms with Crippen LogP contribution in [-0.2, 0) is 0 Å². The Kier molecular flexibility index (Phi) is 3.91. The van der Waals surface area contributed by atoms with Gasteiger partial charge in [0.2, 0.25) is 0 Å². The molecular weight excluding hydrogens is 214 g/mol. The van der Waals surface area contributed by atoms with Crippen molar-refractivity contribution in [2.24, 2.45) is 0 Å². The topological polar surface area (TPSA) is 30.5 Å². The lowest BCUT2D eigenvalue weighted by Gasteiger charge is -2.21. The van der Waals surface area contributed by atoms with Crippen molar-refractivity contribution in [1.82, 2.24) is 0 Å². The summed E-state index contributed by atoms with van der Waals surface area (Å²) in [5.41, 5.74) is 0.989. The summed E-state index contributed by atoms with van der Waals surface area (Å²) < 4.78 is 10.6. The van der Waals surface area contributed by atoms with Crippen LogP contribution in [0.5, 0.6) is 11.5 Å². The molecule has 0 bridgehead atoms. The van der Waals surface area contributed by atoms with Crippen molar-refractivity contribution < 1.29 is 9.47 Å². The molecule has 0 aliphatic heterocycles. The highest BCUT2D eigenvalue weighted by molar-refractivity contribution is 5.60. The molecule has 1 aliphatic rings. The number of allylic oxidation sites excluding steroid dienone is 1. The van der Waals surface area contributed by atoms with E-state index in [0.717, 1.165) is 23.6 Å². The maximum atomic E-state index is 5.34. The Morgan fingerprint density at radius 2 is 2.12 bits per heavy atom. The van der Waals surface area contributed by atoms with Crippen LogP contribution in [0.15, 0.2) is 30.4 Å². The number of rotatable bonds is 4. The van der Waals surface area contributed by atoms with Gasteiger partial charge < -0.3 is 14.8 Å². The molecule has 0 amide bonds. The summed E-state index contributed by atoms with van der Waals surface area (Å²) in [5, 5.41) is 3.48. The Bertz CT molecular complexity index is 401. The molecule has 0 spiro atoms. The van der Waals surface area contributed by atoms with Crippen LogP contribution in [0.2, 0.25) is 0 Å². The molecule has 0 heterocycles. The SMILES string of the molecule is COc1ccc(OC)c(NC2C=CCCC2)c1. The van der Waals surface area contributed by atoms with E-state index in [-0.39, 0.29) is 0 Å². The van der Waals surface area contributed by atoms with Crippen LogP contribution < -0.4 is 14.8 Å². The predicted octanol–water partition coefficient (Wildman–Crippen LogP) is 3.22. The normalized spacial score (nSPS) is 18.8. The molecule has 0 fully saturated rings. The zero-order chi connectivity index (χ0) is 12.1. The Morgan fingerprint density at radius 1 is 1.24 bits per heavy atom. The van der Waals surface area contributed by atoms with Gasteiger partial charge in [-0.25, -0.2) is 0 Å². The molecule has 17 heavy (non-hydrogen) atoms. The second kappa shape index (κ2) is 5.62. The lowest BCUT2D eigenvalue weighted by molar-refractivity contribution is 0.404. The van der Waals surface area contributed by atoms with Crippen molar-refractivity contribution in [3.05, 3.63) is 30.4 Å². The number of hydrogen-bond acceptors (Lipinski definition) is 3. The molecule has 0 saturated heterocycles. The molecule has 2 rings (SSSR count). The van der Waals surface area contributed by atoms with E-state index in [0.29, 0.717) is 6.04 Å². The average molecular weight is 233 g/mol. The summed E-state index contributed by atoms with van der Waals surface area (Å²) in [6, 6.07) is 6.19. The van der Waals surface area contributed by atoms with Crippen molar-refractivity contribution in [2.45, 2.75) is 25.3 Å². The number of anilines is 1. The molecule has 1 aromatic rings. The zero-order valence-corrected chi connectivity index (χ0v) is 10.4. The molecule has 0 saturated carbocycles. The summed E-state index contributed by atoms with van der Waals surface area (Å²) in [5.74, 6) is 1.69. The van der Waals surface area contributed by atoms with Gasteiger partial charge in [0, 0.05) is 12.1 Å². The molecule has 0 radical (unpaired) electrons. The van der Waals surface area contributed by atoms with E-state index in [1.807, 2.05) is 18.2 Å².